The molecule has 5 N–H and O–H groups in total. The number of carboxylic acid groups (broad SMARTS) is 1. The van der Waals surface area contributed by atoms with Crippen LogP contribution in [0.4, 0.5) is 5.69 Å². The first-order valence-corrected chi connectivity index (χ1v) is 15.3. The van der Waals surface area contributed by atoms with Gasteiger partial charge in [0.15, 0.2) is 0 Å². The Bertz CT molecular complexity index is 1360. The summed E-state index contributed by atoms with van der Waals surface area (Å²) in [7, 11) is -3.90. The number of nitrogens with zero attached hydrogens (tertiary/aromatic N) is 1. The number of amidine groups is 1. The van der Waals surface area contributed by atoms with Crippen molar-refractivity contribution >= 4 is 39.3 Å². The van der Waals surface area contributed by atoms with Gasteiger partial charge in [-0.1, -0.05) is 30.3 Å². The molecule has 220 valence electrons. The number of hydrogen-bond donors (Lipinski definition) is 5. The Labute approximate surface area is 240 Å². The molecule has 1 saturated heterocycles. The molecule has 1 aliphatic carbocycles. The van der Waals surface area contributed by atoms with E-state index in [1.54, 1.807) is 49.4 Å². The summed E-state index contributed by atoms with van der Waals surface area (Å²) in [6, 6.07) is 12.7. The average Bonchev–Trinajstić information content (AvgIpc) is 3.45. The summed E-state index contributed by atoms with van der Waals surface area (Å²) in [6.07, 6.45) is 3.92. The van der Waals surface area contributed by atoms with Crippen LogP contribution in [0.2, 0.25) is 0 Å². The quantitative estimate of drug-likeness (QED) is 0.212. The Hall–Kier alpha value is -3.77. The van der Waals surface area contributed by atoms with Gasteiger partial charge < -0.3 is 21.1 Å². The van der Waals surface area contributed by atoms with E-state index in [4.69, 9.17) is 5.41 Å². The van der Waals surface area contributed by atoms with Crippen molar-refractivity contribution in [3.8, 4) is 0 Å². The second-order valence-corrected chi connectivity index (χ2v) is 12.6. The molecule has 2 aromatic rings. The predicted octanol–water partition coefficient (Wildman–Crippen LogP) is 2.74. The topological polar surface area (TPSA) is 169 Å². The van der Waals surface area contributed by atoms with E-state index in [2.05, 4.69) is 16.0 Å². The molecule has 1 heterocycles. The fourth-order valence-corrected chi connectivity index (χ4v) is 7.17. The summed E-state index contributed by atoms with van der Waals surface area (Å²) in [4.78, 5) is 37.9. The highest BCUT2D eigenvalue weighted by atomic mass is 32.2. The van der Waals surface area contributed by atoms with Crippen molar-refractivity contribution in [2.24, 2.45) is 5.92 Å². The number of anilines is 1. The fraction of sp³-hybridized carbons (Fsp3) is 0.448. The van der Waals surface area contributed by atoms with Crippen LogP contribution in [-0.2, 0) is 30.8 Å². The molecule has 0 spiro atoms. The first-order valence-electron chi connectivity index (χ1n) is 13.9. The molecule has 4 rings (SSSR count). The summed E-state index contributed by atoms with van der Waals surface area (Å²) in [5.74, 6) is -1.61. The van der Waals surface area contributed by atoms with Crippen molar-refractivity contribution < 1.29 is 27.9 Å². The zero-order valence-corrected chi connectivity index (χ0v) is 23.8. The maximum atomic E-state index is 13.1. The van der Waals surface area contributed by atoms with Gasteiger partial charge in [-0.3, -0.25) is 15.0 Å². The third-order valence-electron chi connectivity index (χ3n) is 7.65. The molecule has 1 saturated carbocycles. The van der Waals surface area contributed by atoms with E-state index in [1.807, 2.05) is 0 Å². The highest BCUT2D eigenvalue weighted by Gasteiger charge is 2.40. The number of sulfonamides is 1. The van der Waals surface area contributed by atoms with Crippen LogP contribution in [0.25, 0.3) is 0 Å². The van der Waals surface area contributed by atoms with E-state index >= 15 is 0 Å². The van der Waals surface area contributed by atoms with Gasteiger partial charge in [0.1, 0.15) is 12.1 Å². The molecule has 12 heteroatoms. The Morgan fingerprint density at radius 2 is 1.63 bits per heavy atom. The van der Waals surface area contributed by atoms with Crippen LogP contribution in [0.5, 0.6) is 0 Å². The van der Waals surface area contributed by atoms with Crippen LogP contribution >= 0.6 is 0 Å². The molecule has 1 aliphatic heterocycles. The summed E-state index contributed by atoms with van der Waals surface area (Å²) in [6.45, 7) is 1.89. The van der Waals surface area contributed by atoms with Gasteiger partial charge in [-0.05, 0) is 75.3 Å². The van der Waals surface area contributed by atoms with Crippen molar-refractivity contribution in [2.75, 3.05) is 11.9 Å². The first-order chi connectivity index (χ1) is 19.5. The largest absolute Gasteiger partial charge is 0.480 e. The predicted molar refractivity (Wildman–Crippen MR) is 154 cm³/mol. The smallest absolute Gasteiger partial charge is 0.326 e. The monoisotopic (exact) mass is 583 g/mol. The van der Waals surface area contributed by atoms with Crippen LogP contribution in [0.15, 0.2) is 59.5 Å². The molecule has 2 fully saturated rings. The summed E-state index contributed by atoms with van der Waals surface area (Å²) in [5, 5.41) is 25.9. The van der Waals surface area contributed by atoms with Crippen LogP contribution in [0.1, 0.15) is 51.0 Å². The third-order valence-corrected chi connectivity index (χ3v) is 9.57. The molecular formula is C29H37N5O6S. The van der Waals surface area contributed by atoms with Crippen molar-refractivity contribution in [2.45, 2.75) is 74.9 Å². The lowest BCUT2D eigenvalue weighted by Gasteiger charge is -2.28. The Morgan fingerprint density at radius 1 is 0.976 bits per heavy atom. The number of amides is 2. The number of carbonyl (C=O) groups is 3. The van der Waals surface area contributed by atoms with E-state index < -0.39 is 34.0 Å². The lowest BCUT2D eigenvalue weighted by Crippen LogP contribution is -2.51. The number of carbonyl (C=O) groups excluding carboxylic acids is 2. The van der Waals surface area contributed by atoms with Gasteiger partial charge in [-0.15, -0.1) is 0 Å². The fourth-order valence-electron chi connectivity index (χ4n) is 5.50. The molecule has 0 aromatic heterocycles. The second-order valence-electron chi connectivity index (χ2n) is 10.7. The minimum absolute atomic E-state index is 0.00307. The molecule has 2 amide bonds. The Balaban J connectivity index is 1.33. The number of carboxylic acids is 1. The van der Waals surface area contributed by atoms with Gasteiger partial charge in [0.05, 0.1) is 10.7 Å². The van der Waals surface area contributed by atoms with Gasteiger partial charge in [0.25, 0.3) is 0 Å². The van der Waals surface area contributed by atoms with E-state index in [0.29, 0.717) is 29.9 Å². The van der Waals surface area contributed by atoms with E-state index in [9.17, 15) is 27.9 Å². The molecular weight excluding hydrogens is 546 g/mol. The Morgan fingerprint density at radius 3 is 2.24 bits per heavy atom. The number of nitrogens with one attached hydrogen (secondary N) is 4. The van der Waals surface area contributed by atoms with Gasteiger partial charge in [0.2, 0.25) is 21.8 Å². The molecule has 2 aromatic carbocycles. The van der Waals surface area contributed by atoms with Crippen LogP contribution in [0.3, 0.4) is 0 Å². The minimum atomic E-state index is -3.90. The van der Waals surface area contributed by atoms with Gasteiger partial charge in [-0.2, -0.15) is 4.31 Å². The third kappa shape index (κ3) is 7.70. The molecule has 2 atom stereocenters. The van der Waals surface area contributed by atoms with Gasteiger partial charge >= 0.3 is 5.97 Å². The number of benzene rings is 2. The standard InChI is InChI=1S/C29H37N5O6S/c1-19(30)31-22-15-11-21(12-16-22)27(35)32-23-13-9-20(10-14-23)18-25(29(37)38)33-28(36)26-8-5-17-34(26)41(39,40)24-6-3-2-4-7-24/h2-4,6-7,9-10,13-14,21-22,25-26H,5,8,11-12,15-18H2,1H3,(H2,30,31)(H,32,35)(H,33,36)(H,37,38)/t21-,22+,25-,26-/m0/s1. The molecule has 0 radical (unpaired) electrons. The zero-order chi connectivity index (χ0) is 29.6. The van der Waals surface area contributed by atoms with Crippen molar-refractivity contribution in [3.05, 3.63) is 60.2 Å². The van der Waals surface area contributed by atoms with Crippen LogP contribution < -0.4 is 16.0 Å². The Kier molecular flexibility index (Phi) is 9.77. The molecule has 11 nitrogen and oxygen atoms in total. The van der Waals surface area contributed by atoms with E-state index in [1.165, 1.54) is 12.1 Å². The normalized spacial score (nSPS) is 21.9. The summed E-state index contributed by atoms with van der Waals surface area (Å²) >= 11 is 0. The molecule has 0 unspecified atom stereocenters. The van der Waals surface area contributed by atoms with Crippen LogP contribution in [0, 0.1) is 11.3 Å². The van der Waals surface area contributed by atoms with Crippen LogP contribution in [-0.4, -0.2) is 66.1 Å². The summed E-state index contributed by atoms with van der Waals surface area (Å²) < 4.78 is 27.4. The highest BCUT2D eigenvalue weighted by Crippen LogP contribution is 2.27. The SMILES string of the molecule is CC(=N)N[C@H]1CC[C@@H](C(=O)Nc2ccc(C[C@H](NC(=O)[C@@H]3CCCN3S(=O)(=O)c3ccccc3)C(=O)O)cc2)CC1. The van der Waals surface area contributed by atoms with Crippen molar-refractivity contribution in [3.63, 3.8) is 0 Å². The second kappa shape index (κ2) is 13.3. The number of aliphatic carboxylic acids is 1. The lowest BCUT2D eigenvalue weighted by atomic mass is 9.85. The molecule has 41 heavy (non-hydrogen) atoms. The number of rotatable bonds is 10. The summed E-state index contributed by atoms with van der Waals surface area (Å²) in [5.41, 5.74) is 1.24. The lowest BCUT2D eigenvalue weighted by molar-refractivity contribution is -0.142. The van der Waals surface area contributed by atoms with Crippen molar-refractivity contribution in [1.82, 2.24) is 14.9 Å². The zero-order valence-electron chi connectivity index (χ0n) is 23.0. The number of hydrogen-bond acceptors (Lipinski definition) is 6. The van der Waals surface area contributed by atoms with E-state index in [-0.39, 0.29) is 35.7 Å². The van der Waals surface area contributed by atoms with E-state index in [0.717, 1.165) is 30.0 Å². The van der Waals surface area contributed by atoms with Crippen molar-refractivity contribution in [1.29, 1.82) is 5.41 Å². The molecule has 2 aliphatic rings. The molecule has 0 bridgehead atoms. The maximum absolute atomic E-state index is 13.1. The van der Waals surface area contributed by atoms with Gasteiger partial charge in [0, 0.05) is 30.6 Å². The average molecular weight is 584 g/mol. The first kappa shape index (κ1) is 30.2. The minimum Gasteiger partial charge on any atom is -0.480 e. The van der Waals surface area contributed by atoms with Gasteiger partial charge in [-0.25, -0.2) is 13.2 Å². The highest BCUT2D eigenvalue weighted by molar-refractivity contribution is 7.89. The maximum Gasteiger partial charge on any atom is 0.326 e.